The van der Waals surface area contributed by atoms with E-state index < -0.39 is 0 Å². The van der Waals surface area contributed by atoms with Crippen molar-refractivity contribution in [2.24, 2.45) is 4.99 Å². The van der Waals surface area contributed by atoms with E-state index in [0.717, 1.165) is 23.4 Å². The zero-order chi connectivity index (χ0) is 22.5. The van der Waals surface area contributed by atoms with Gasteiger partial charge in [0, 0.05) is 37.9 Å². The van der Waals surface area contributed by atoms with Crippen LogP contribution in [0.5, 0.6) is 11.5 Å². The molecule has 0 saturated carbocycles. The summed E-state index contributed by atoms with van der Waals surface area (Å²) in [6, 6.07) is 12.2. The average molecular weight is 429 g/mol. The molecule has 2 aromatic carbocycles. The van der Waals surface area contributed by atoms with Gasteiger partial charge in [0.25, 0.3) is 5.91 Å². The highest BCUT2D eigenvalue weighted by atomic mass is 16.5. The van der Waals surface area contributed by atoms with E-state index in [-0.39, 0.29) is 11.7 Å². The molecule has 0 spiro atoms. The number of aryl methyl sites for hydroxylation is 1. The maximum Gasteiger partial charge on any atom is 0.251 e. The number of benzene rings is 2. The minimum absolute atomic E-state index is 0.130. The molecule has 31 heavy (non-hydrogen) atoms. The van der Waals surface area contributed by atoms with Crippen LogP contribution >= 0.6 is 0 Å². The molecule has 1 amide bonds. The Labute approximate surface area is 183 Å². The molecule has 0 radical (unpaired) electrons. The molecule has 0 aliphatic rings. The molecule has 2 aromatic rings. The Morgan fingerprint density at radius 3 is 2.48 bits per heavy atom. The van der Waals surface area contributed by atoms with Crippen LogP contribution in [-0.4, -0.2) is 56.9 Å². The number of hydrogen-bond donors (Lipinski definition) is 4. The van der Waals surface area contributed by atoms with E-state index in [1.165, 1.54) is 12.1 Å². The average Bonchev–Trinajstić information content (AvgIpc) is 2.76. The Balaban J connectivity index is 1.88. The van der Waals surface area contributed by atoms with E-state index in [1.54, 1.807) is 19.2 Å². The van der Waals surface area contributed by atoms with Crippen molar-refractivity contribution in [3.05, 3.63) is 59.2 Å². The summed E-state index contributed by atoms with van der Waals surface area (Å²) in [7, 11) is 1.65. The number of phenolic OH excluding ortho intramolecular Hbond substituents is 1. The number of phenols is 1. The molecular weight excluding hydrogens is 396 g/mol. The highest BCUT2D eigenvalue weighted by molar-refractivity contribution is 5.94. The Hall–Kier alpha value is -3.26. The van der Waals surface area contributed by atoms with Crippen molar-refractivity contribution in [2.75, 3.05) is 40.0 Å². The van der Waals surface area contributed by atoms with Gasteiger partial charge in [0.15, 0.2) is 5.96 Å². The molecule has 8 heteroatoms. The Morgan fingerprint density at radius 2 is 1.77 bits per heavy atom. The summed E-state index contributed by atoms with van der Waals surface area (Å²) in [5, 5.41) is 18.6. The zero-order valence-corrected chi connectivity index (χ0v) is 18.4. The van der Waals surface area contributed by atoms with E-state index >= 15 is 0 Å². The summed E-state index contributed by atoms with van der Waals surface area (Å²) in [5.41, 5.74) is 2.60. The topological polar surface area (TPSA) is 104 Å². The summed E-state index contributed by atoms with van der Waals surface area (Å²) in [5.74, 6) is 1.40. The number of methoxy groups -OCH3 is 1. The van der Waals surface area contributed by atoms with Crippen LogP contribution in [0.4, 0.5) is 0 Å². The quantitative estimate of drug-likeness (QED) is 0.249. The molecule has 0 bridgehead atoms. The van der Waals surface area contributed by atoms with Crippen molar-refractivity contribution < 1.29 is 19.4 Å². The molecule has 0 atom stereocenters. The highest BCUT2D eigenvalue weighted by Gasteiger charge is 2.07. The second-order valence-corrected chi connectivity index (χ2v) is 6.88. The van der Waals surface area contributed by atoms with Crippen LogP contribution < -0.4 is 20.7 Å². The third-order valence-corrected chi connectivity index (χ3v) is 4.35. The van der Waals surface area contributed by atoms with Gasteiger partial charge < -0.3 is 30.5 Å². The maximum absolute atomic E-state index is 12.1. The Morgan fingerprint density at radius 1 is 1.03 bits per heavy atom. The molecule has 0 saturated heterocycles. The molecule has 0 unspecified atom stereocenters. The summed E-state index contributed by atoms with van der Waals surface area (Å²) in [6.45, 7) is 7.14. The number of rotatable bonds is 11. The third kappa shape index (κ3) is 8.55. The number of guanidine groups is 1. The SMILES string of the molecule is CCNC(=NCc1ccc(C)cc1OCCOC)NCCNC(=O)c1ccc(O)cc1. The van der Waals surface area contributed by atoms with Crippen LogP contribution in [0, 0.1) is 6.92 Å². The van der Waals surface area contributed by atoms with Gasteiger partial charge in [-0.1, -0.05) is 12.1 Å². The monoisotopic (exact) mass is 428 g/mol. The second kappa shape index (κ2) is 13.1. The van der Waals surface area contributed by atoms with Crippen LogP contribution in [0.1, 0.15) is 28.4 Å². The lowest BCUT2D eigenvalue weighted by Gasteiger charge is -2.14. The molecular formula is C23H32N4O4. The molecule has 4 N–H and O–H groups in total. The van der Waals surface area contributed by atoms with E-state index in [0.29, 0.717) is 44.4 Å². The number of ether oxygens (including phenoxy) is 2. The molecule has 0 aliphatic carbocycles. The summed E-state index contributed by atoms with van der Waals surface area (Å²) < 4.78 is 10.9. The third-order valence-electron chi connectivity index (χ3n) is 4.35. The normalized spacial score (nSPS) is 11.1. The number of nitrogens with zero attached hydrogens (tertiary/aromatic N) is 1. The lowest BCUT2D eigenvalue weighted by atomic mass is 10.1. The van der Waals surface area contributed by atoms with Crippen molar-refractivity contribution in [3.63, 3.8) is 0 Å². The summed E-state index contributed by atoms with van der Waals surface area (Å²) in [6.07, 6.45) is 0. The van der Waals surface area contributed by atoms with Gasteiger partial charge in [-0.3, -0.25) is 4.79 Å². The van der Waals surface area contributed by atoms with Gasteiger partial charge in [0.1, 0.15) is 18.1 Å². The molecule has 0 aliphatic heterocycles. The predicted molar refractivity (Wildman–Crippen MR) is 122 cm³/mol. The van der Waals surface area contributed by atoms with E-state index in [1.807, 2.05) is 32.0 Å². The number of aliphatic imine (C=N–C) groups is 1. The van der Waals surface area contributed by atoms with E-state index in [4.69, 9.17) is 9.47 Å². The molecule has 8 nitrogen and oxygen atoms in total. The van der Waals surface area contributed by atoms with Crippen molar-refractivity contribution >= 4 is 11.9 Å². The van der Waals surface area contributed by atoms with Gasteiger partial charge in [-0.25, -0.2) is 4.99 Å². The van der Waals surface area contributed by atoms with Crippen LogP contribution in [0.25, 0.3) is 0 Å². The highest BCUT2D eigenvalue weighted by Crippen LogP contribution is 2.21. The Bertz CT molecular complexity index is 853. The van der Waals surface area contributed by atoms with Gasteiger partial charge in [-0.2, -0.15) is 0 Å². The molecule has 168 valence electrons. The van der Waals surface area contributed by atoms with E-state index in [2.05, 4.69) is 20.9 Å². The van der Waals surface area contributed by atoms with Crippen LogP contribution in [-0.2, 0) is 11.3 Å². The maximum atomic E-state index is 12.1. The van der Waals surface area contributed by atoms with Crippen LogP contribution in [0.3, 0.4) is 0 Å². The van der Waals surface area contributed by atoms with Gasteiger partial charge in [0.2, 0.25) is 0 Å². The van der Waals surface area contributed by atoms with Gasteiger partial charge in [-0.05, 0) is 49.7 Å². The van der Waals surface area contributed by atoms with Crippen molar-refractivity contribution in [1.29, 1.82) is 0 Å². The van der Waals surface area contributed by atoms with Crippen LogP contribution in [0.2, 0.25) is 0 Å². The minimum Gasteiger partial charge on any atom is -0.508 e. The lowest BCUT2D eigenvalue weighted by Crippen LogP contribution is -2.41. The number of carbonyl (C=O) groups is 1. The fourth-order valence-electron chi connectivity index (χ4n) is 2.74. The van der Waals surface area contributed by atoms with E-state index in [9.17, 15) is 9.90 Å². The lowest BCUT2D eigenvalue weighted by molar-refractivity contribution is 0.0954. The summed E-state index contributed by atoms with van der Waals surface area (Å²) >= 11 is 0. The molecule has 2 rings (SSSR count). The smallest absolute Gasteiger partial charge is 0.251 e. The second-order valence-electron chi connectivity index (χ2n) is 6.88. The number of carbonyl (C=O) groups excluding carboxylic acids is 1. The van der Waals surface area contributed by atoms with Crippen LogP contribution in [0.15, 0.2) is 47.5 Å². The number of hydrogen-bond acceptors (Lipinski definition) is 5. The van der Waals surface area contributed by atoms with Crippen molar-refractivity contribution in [3.8, 4) is 11.5 Å². The fourth-order valence-corrected chi connectivity index (χ4v) is 2.74. The molecule has 0 fully saturated rings. The Kier molecular flexibility index (Phi) is 10.2. The first-order valence-electron chi connectivity index (χ1n) is 10.3. The molecule has 0 heterocycles. The number of nitrogens with one attached hydrogen (secondary N) is 3. The first-order valence-corrected chi connectivity index (χ1v) is 10.3. The van der Waals surface area contributed by atoms with Gasteiger partial charge in [0.05, 0.1) is 13.2 Å². The molecule has 0 aromatic heterocycles. The van der Waals surface area contributed by atoms with Gasteiger partial charge >= 0.3 is 0 Å². The largest absolute Gasteiger partial charge is 0.508 e. The van der Waals surface area contributed by atoms with Gasteiger partial charge in [-0.15, -0.1) is 0 Å². The number of amides is 1. The van der Waals surface area contributed by atoms with Crippen molar-refractivity contribution in [1.82, 2.24) is 16.0 Å². The fraction of sp³-hybridized carbons (Fsp3) is 0.391. The standard InChI is InChI=1S/C23H32N4O4/c1-4-24-23(26-12-11-25-22(29)18-7-9-20(28)10-8-18)27-16-19-6-5-17(2)15-21(19)31-14-13-30-3/h5-10,15,28H,4,11-14,16H2,1-3H3,(H,25,29)(H2,24,26,27). The number of aromatic hydroxyl groups is 1. The first-order chi connectivity index (χ1) is 15.0. The van der Waals surface area contributed by atoms with Crippen molar-refractivity contribution in [2.45, 2.75) is 20.4 Å². The predicted octanol–water partition coefficient (Wildman–Crippen LogP) is 2.21. The zero-order valence-electron chi connectivity index (χ0n) is 18.4. The first kappa shape index (κ1) is 24.0. The summed E-state index contributed by atoms with van der Waals surface area (Å²) in [4.78, 5) is 16.8. The minimum atomic E-state index is -0.193.